The molecule has 3 rings (SSSR count). The number of imide groups is 1. The highest BCUT2D eigenvalue weighted by atomic mass is 79.9. The predicted octanol–water partition coefficient (Wildman–Crippen LogP) is 2.53. The molecule has 0 atom stereocenters. The van der Waals surface area contributed by atoms with Crippen LogP contribution in [0.15, 0.2) is 22.8 Å². The SMILES string of the molecule is O=C(CN1C(=O)NC2(CCC(F)(F)CC2)C1=O)c1ccc(Br)cn1. The van der Waals surface area contributed by atoms with Gasteiger partial charge in [0, 0.05) is 23.5 Å². The number of nitrogens with zero attached hydrogens (tertiary/aromatic N) is 2. The molecule has 0 aromatic carbocycles. The summed E-state index contributed by atoms with van der Waals surface area (Å²) in [5.41, 5.74) is -1.19. The number of pyridine rings is 1. The van der Waals surface area contributed by atoms with Crippen molar-refractivity contribution in [3.63, 3.8) is 0 Å². The number of Topliss-reactive ketones (excluding diaryl/α,β-unsaturated/α-hetero) is 1. The van der Waals surface area contributed by atoms with Gasteiger partial charge >= 0.3 is 6.03 Å². The molecule has 2 heterocycles. The van der Waals surface area contributed by atoms with E-state index in [1.54, 1.807) is 6.07 Å². The van der Waals surface area contributed by atoms with Crippen LogP contribution in [0.5, 0.6) is 0 Å². The first-order valence-electron chi connectivity index (χ1n) is 7.39. The number of ketones is 1. The Balaban J connectivity index is 1.73. The molecule has 24 heavy (non-hydrogen) atoms. The van der Waals surface area contributed by atoms with Crippen molar-refractivity contribution in [3.05, 3.63) is 28.5 Å². The normalized spacial score (nSPS) is 21.9. The van der Waals surface area contributed by atoms with E-state index >= 15 is 0 Å². The molecule has 2 fully saturated rings. The number of amides is 3. The maximum atomic E-state index is 13.3. The second-order valence-corrected chi connectivity index (χ2v) is 6.96. The predicted molar refractivity (Wildman–Crippen MR) is 82.7 cm³/mol. The Kier molecular flexibility index (Phi) is 4.15. The Hall–Kier alpha value is -1.90. The molecule has 1 saturated carbocycles. The van der Waals surface area contributed by atoms with Crippen molar-refractivity contribution in [2.24, 2.45) is 0 Å². The zero-order valence-corrected chi connectivity index (χ0v) is 14.1. The second kappa shape index (κ2) is 5.87. The minimum absolute atomic E-state index is 0.120. The van der Waals surface area contributed by atoms with Gasteiger partial charge in [0.1, 0.15) is 11.2 Å². The molecule has 2 aliphatic rings. The first-order valence-corrected chi connectivity index (χ1v) is 8.18. The summed E-state index contributed by atoms with van der Waals surface area (Å²) >= 11 is 3.20. The molecule has 0 radical (unpaired) electrons. The van der Waals surface area contributed by atoms with Gasteiger partial charge in [-0.2, -0.15) is 0 Å². The average molecular weight is 402 g/mol. The van der Waals surface area contributed by atoms with E-state index in [-0.39, 0.29) is 18.5 Å². The fraction of sp³-hybridized carbons (Fsp3) is 0.467. The van der Waals surface area contributed by atoms with Gasteiger partial charge in [0.2, 0.25) is 11.7 Å². The topological polar surface area (TPSA) is 79.4 Å². The Morgan fingerprint density at radius 2 is 1.92 bits per heavy atom. The van der Waals surface area contributed by atoms with E-state index in [0.29, 0.717) is 4.47 Å². The summed E-state index contributed by atoms with van der Waals surface area (Å²) in [6.07, 6.45) is 0.242. The van der Waals surface area contributed by atoms with Crippen LogP contribution in [-0.4, -0.2) is 45.6 Å². The summed E-state index contributed by atoms with van der Waals surface area (Å²) in [6, 6.07) is 2.37. The maximum Gasteiger partial charge on any atom is 0.325 e. The quantitative estimate of drug-likeness (QED) is 0.623. The molecule has 128 valence electrons. The van der Waals surface area contributed by atoms with Gasteiger partial charge in [0.15, 0.2) is 0 Å². The lowest BCUT2D eigenvalue weighted by Crippen LogP contribution is -2.51. The molecule has 3 amide bonds. The monoisotopic (exact) mass is 401 g/mol. The van der Waals surface area contributed by atoms with E-state index in [0.717, 1.165) is 4.90 Å². The van der Waals surface area contributed by atoms with Gasteiger partial charge in [-0.15, -0.1) is 0 Å². The second-order valence-electron chi connectivity index (χ2n) is 6.04. The Morgan fingerprint density at radius 3 is 2.50 bits per heavy atom. The highest BCUT2D eigenvalue weighted by Gasteiger charge is 2.55. The van der Waals surface area contributed by atoms with Crippen LogP contribution in [0.4, 0.5) is 13.6 Å². The number of aromatic nitrogens is 1. The average Bonchev–Trinajstić information content (AvgIpc) is 2.76. The van der Waals surface area contributed by atoms with E-state index < -0.39 is 48.6 Å². The van der Waals surface area contributed by atoms with Crippen LogP contribution in [-0.2, 0) is 4.79 Å². The van der Waals surface area contributed by atoms with Crippen LogP contribution in [0, 0.1) is 0 Å². The highest BCUT2D eigenvalue weighted by Crippen LogP contribution is 2.41. The molecule has 0 unspecified atom stereocenters. The Labute approximate surface area is 144 Å². The minimum atomic E-state index is -2.82. The fourth-order valence-corrected chi connectivity index (χ4v) is 3.20. The molecule has 1 aromatic heterocycles. The summed E-state index contributed by atoms with van der Waals surface area (Å²) in [5, 5.41) is 2.50. The first kappa shape index (κ1) is 16.9. The summed E-state index contributed by atoms with van der Waals surface area (Å²) in [6.45, 7) is -0.461. The van der Waals surface area contributed by atoms with Gasteiger partial charge in [-0.25, -0.2) is 13.6 Å². The molecular weight excluding hydrogens is 388 g/mol. The van der Waals surface area contributed by atoms with Gasteiger partial charge in [-0.1, -0.05) is 0 Å². The summed E-state index contributed by atoms with van der Waals surface area (Å²) < 4.78 is 27.3. The molecule has 1 saturated heterocycles. The van der Waals surface area contributed by atoms with Gasteiger partial charge in [-0.3, -0.25) is 19.5 Å². The lowest BCUT2D eigenvalue weighted by molar-refractivity contribution is -0.135. The maximum absolute atomic E-state index is 13.3. The molecule has 0 bridgehead atoms. The standard InChI is InChI=1S/C15H14BrF2N3O3/c16-9-1-2-10(19-7-9)11(22)8-21-12(23)14(20-13(21)24)3-5-15(17,18)6-4-14/h1-2,7H,3-6,8H2,(H,20,24). The number of hydrogen-bond acceptors (Lipinski definition) is 4. The van der Waals surface area contributed by atoms with Gasteiger partial charge in [-0.05, 0) is 40.9 Å². The van der Waals surface area contributed by atoms with Crippen molar-refractivity contribution in [2.75, 3.05) is 6.54 Å². The van der Waals surface area contributed by atoms with Crippen LogP contribution in [0.25, 0.3) is 0 Å². The molecule has 9 heteroatoms. The van der Waals surface area contributed by atoms with Crippen molar-refractivity contribution < 1.29 is 23.2 Å². The fourth-order valence-electron chi connectivity index (χ4n) is 2.97. The van der Waals surface area contributed by atoms with Crippen LogP contribution in [0.1, 0.15) is 36.2 Å². The highest BCUT2D eigenvalue weighted by molar-refractivity contribution is 9.10. The van der Waals surface area contributed by atoms with Crippen molar-refractivity contribution in [3.8, 4) is 0 Å². The van der Waals surface area contributed by atoms with Gasteiger partial charge in [0.25, 0.3) is 5.91 Å². The molecule has 1 aliphatic heterocycles. The zero-order valence-electron chi connectivity index (χ0n) is 12.5. The number of alkyl halides is 2. The zero-order chi connectivity index (χ0) is 17.5. The van der Waals surface area contributed by atoms with Crippen LogP contribution < -0.4 is 5.32 Å². The van der Waals surface area contributed by atoms with E-state index in [4.69, 9.17) is 0 Å². The molecule has 1 spiro atoms. The van der Waals surface area contributed by atoms with Crippen LogP contribution in [0.2, 0.25) is 0 Å². The number of rotatable bonds is 3. The van der Waals surface area contributed by atoms with Crippen molar-refractivity contribution in [1.29, 1.82) is 0 Å². The third kappa shape index (κ3) is 3.04. The summed E-state index contributed by atoms with van der Waals surface area (Å²) in [4.78, 5) is 41.5. The minimum Gasteiger partial charge on any atom is -0.323 e. The number of carbonyl (C=O) groups is 3. The number of carbonyl (C=O) groups excluding carboxylic acids is 3. The molecular formula is C15H14BrF2N3O3. The van der Waals surface area contributed by atoms with Gasteiger partial charge in [0.05, 0.1) is 6.54 Å². The summed E-state index contributed by atoms with van der Waals surface area (Å²) in [5.74, 6) is -3.93. The molecule has 1 aliphatic carbocycles. The van der Waals surface area contributed by atoms with Crippen LogP contribution >= 0.6 is 15.9 Å². The summed E-state index contributed by atoms with van der Waals surface area (Å²) in [7, 11) is 0. The van der Waals surface area contributed by atoms with Crippen molar-refractivity contribution in [2.45, 2.75) is 37.1 Å². The third-order valence-electron chi connectivity index (χ3n) is 4.40. The number of urea groups is 1. The molecule has 1 aromatic rings. The smallest absolute Gasteiger partial charge is 0.323 e. The Morgan fingerprint density at radius 1 is 1.25 bits per heavy atom. The van der Waals surface area contributed by atoms with Crippen LogP contribution in [0.3, 0.4) is 0 Å². The van der Waals surface area contributed by atoms with Crippen molar-refractivity contribution >= 4 is 33.7 Å². The number of nitrogens with one attached hydrogen (secondary N) is 1. The van der Waals surface area contributed by atoms with E-state index in [9.17, 15) is 23.2 Å². The first-order chi connectivity index (χ1) is 11.2. The van der Waals surface area contributed by atoms with Crippen molar-refractivity contribution in [1.82, 2.24) is 15.2 Å². The molecule has 6 nitrogen and oxygen atoms in total. The van der Waals surface area contributed by atoms with E-state index in [1.807, 2.05) is 0 Å². The molecule has 1 N–H and O–H groups in total. The third-order valence-corrected chi connectivity index (χ3v) is 4.86. The number of halogens is 3. The van der Waals surface area contributed by atoms with E-state index in [2.05, 4.69) is 26.2 Å². The number of hydrogen-bond donors (Lipinski definition) is 1. The largest absolute Gasteiger partial charge is 0.325 e. The lowest BCUT2D eigenvalue weighted by Gasteiger charge is -2.34. The Bertz CT molecular complexity index is 698. The van der Waals surface area contributed by atoms with Gasteiger partial charge < -0.3 is 5.32 Å². The lowest BCUT2D eigenvalue weighted by atomic mass is 9.80. The van der Waals surface area contributed by atoms with E-state index in [1.165, 1.54) is 12.3 Å².